The molecule has 9 unspecified atom stereocenters. The highest BCUT2D eigenvalue weighted by molar-refractivity contribution is 5.97. The lowest BCUT2D eigenvalue weighted by Crippen LogP contribution is -2.55. The lowest BCUT2D eigenvalue weighted by atomic mass is 9.87. The third-order valence-corrected chi connectivity index (χ3v) is 10.2. The molecular formula is C38H62N8O8. The number of benzene rings is 1. The molecule has 2 rings (SSSR count). The van der Waals surface area contributed by atoms with Crippen molar-refractivity contribution in [2.75, 3.05) is 33.2 Å². The average Bonchev–Trinajstić information content (AvgIpc) is 3.14. The molecule has 9 atom stereocenters. The minimum Gasteiger partial charge on any atom is -0.393 e. The second kappa shape index (κ2) is 23.6. The third-order valence-electron chi connectivity index (χ3n) is 10.2. The summed E-state index contributed by atoms with van der Waals surface area (Å²) in [5, 5.41) is 24.3. The van der Waals surface area contributed by atoms with Gasteiger partial charge in [-0.05, 0) is 57.8 Å². The van der Waals surface area contributed by atoms with Gasteiger partial charge < -0.3 is 48.9 Å². The Morgan fingerprint density at radius 2 is 1.33 bits per heavy atom. The van der Waals surface area contributed by atoms with E-state index >= 15 is 0 Å². The van der Waals surface area contributed by atoms with E-state index in [1.54, 1.807) is 38.2 Å². The Hall–Kier alpha value is -4.09. The van der Waals surface area contributed by atoms with Gasteiger partial charge in [0.2, 0.25) is 23.6 Å². The molecule has 1 aliphatic rings. The molecule has 0 aromatic heterocycles. The lowest BCUT2D eigenvalue weighted by molar-refractivity contribution is -0.136. The number of nitrogens with two attached hydrogens (primary N) is 3. The van der Waals surface area contributed by atoms with Crippen LogP contribution in [0.25, 0.3) is 0 Å². The first kappa shape index (κ1) is 46.1. The van der Waals surface area contributed by atoms with Crippen molar-refractivity contribution in [3.63, 3.8) is 0 Å². The normalized spacial score (nSPS) is 27.6. The van der Waals surface area contributed by atoms with E-state index in [0.717, 1.165) is 5.56 Å². The van der Waals surface area contributed by atoms with Crippen molar-refractivity contribution in [1.29, 1.82) is 0 Å². The average molecular weight is 759 g/mol. The number of carbonyl (C=O) groups excluding carboxylic acids is 7. The van der Waals surface area contributed by atoms with E-state index < -0.39 is 89.6 Å². The first-order valence-corrected chi connectivity index (χ1v) is 19.0. The summed E-state index contributed by atoms with van der Waals surface area (Å²) in [6.45, 7) is 4.84. The van der Waals surface area contributed by atoms with Crippen LogP contribution < -0.4 is 43.8 Å². The Labute approximate surface area is 318 Å². The van der Waals surface area contributed by atoms with Gasteiger partial charge in [-0.2, -0.15) is 0 Å². The summed E-state index contributed by atoms with van der Waals surface area (Å²) in [6.07, 6.45) is -1.25. The number of aliphatic hydroxyl groups excluding tert-OH is 1. The molecule has 0 aliphatic carbocycles. The number of hydrogen-bond donors (Lipinski definition) is 9. The fraction of sp³-hybridized carbons (Fsp3) is 0.658. The summed E-state index contributed by atoms with van der Waals surface area (Å²) >= 11 is 0. The summed E-state index contributed by atoms with van der Waals surface area (Å²) in [7, 11) is 1.57. The Kier molecular flexibility index (Phi) is 20.2. The van der Waals surface area contributed by atoms with E-state index in [1.165, 1.54) is 6.92 Å². The monoisotopic (exact) mass is 758 g/mol. The zero-order chi connectivity index (χ0) is 40.4. The van der Waals surface area contributed by atoms with Gasteiger partial charge in [-0.25, -0.2) is 0 Å². The van der Waals surface area contributed by atoms with Crippen LogP contribution in [0, 0.1) is 23.7 Å². The zero-order valence-corrected chi connectivity index (χ0v) is 32.1. The molecule has 12 N–H and O–H groups in total. The molecule has 16 heteroatoms. The summed E-state index contributed by atoms with van der Waals surface area (Å²) in [4.78, 5) is 95.4. The number of nitrogens with one attached hydrogen (secondary N) is 5. The summed E-state index contributed by atoms with van der Waals surface area (Å²) in [6, 6.07) is 4.86. The highest BCUT2D eigenvalue weighted by Gasteiger charge is 2.36. The van der Waals surface area contributed by atoms with Crippen LogP contribution in [0.4, 0.5) is 0 Å². The minimum absolute atomic E-state index is 0.00373. The Morgan fingerprint density at radius 3 is 1.85 bits per heavy atom. The highest BCUT2D eigenvalue weighted by atomic mass is 16.3. The van der Waals surface area contributed by atoms with Gasteiger partial charge in [0, 0.05) is 50.6 Å². The molecule has 1 aromatic rings. The van der Waals surface area contributed by atoms with E-state index in [2.05, 4.69) is 26.6 Å². The maximum Gasteiger partial charge on any atom is 0.243 e. The maximum atomic E-state index is 14.1. The Balaban J connectivity index is 2.59. The molecule has 1 fully saturated rings. The van der Waals surface area contributed by atoms with Gasteiger partial charge in [0.05, 0.1) is 30.1 Å². The van der Waals surface area contributed by atoms with E-state index in [4.69, 9.17) is 17.2 Å². The first-order valence-electron chi connectivity index (χ1n) is 19.0. The van der Waals surface area contributed by atoms with Crippen LogP contribution in [0.3, 0.4) is 0 Å². The third kappa shape index (κ3) is 14.3. The summed E-state index contributed by atoms with van der Waals surface area (Å²) in [5.74, 6) is -7.22. The van der Waals surface area contributed by atoms with Crippen molar-refractivity contribution in [2.24, 2.45) is 40.9 Å². The second-order valence-corrected chi connectivity index (χ2v) is 14.2. The summed E-state index contributed by atoms with van der Waals surface area (Å²) in [5.41, 5.74) is 18.3. The molecule has 1 aliphatic heterocycles. The standard InChI is InChI=1S/C38H62N8O8/c1-5-22(2)34-33(50)19-26(12-15-40)36(52)45-30(21-41)32(49)20-27(23(3)47)37(53)43-16-13-28(42-4)31(48)18-25(11-14-39)35(51)44-29(38(54)46-34)17-24-9-7-6-8-10-24/h6-10,22-23,25-30,34,42,47H,5,11-21,39-41H2,1-4H3,(H,43,53)(H,44,51)(H,45,52)(H,46,54). The molecule has 1 aromatic carbocycles. The Morgan fingerprint density at radius 1 is 0.759 bits per heavy atom. The molecule has 54 heavy (non-hydrogen) atoms. The van der Waals surface area contributed by atoms with Gasteiger partial charge >= 0.3 is 0 Å². The molecule has 0 saturated carbocycles. The number of carbonyl (C=O) groups is 7. The van der Waals surface area contributed by atoms with Crippen LogP contribution in [0.2, 0.25) is 0 Å². The van der Waals surface area contributed by atoms with Gasteiger partial charge in [-0.15, -0.1) is 0 Å². The van der Waals surface area contributed by atoms with Crippen molar-refractivity contribution in [2.45, 2.75) is 102 Å². The molecule has 1 heterocycles. The lowest BCUT2D eigenvalue weighted by Gasteiger charge is -2.29. The van der Waals surface area contributed by atoms with Crippen molar-refractivity contribution in [3.05, 3.63) is 35.9 Å². The fourth-order valence-corrected chi connectivity index (χ4v) is 6.53. The van der Waals surface area contributed by atoms with Crippen LogP contribution in [0.1, 0.15) is 71.3 Å². The minimum atomic E-state index is -1.24. The van der Waals surface area contributed by atoms with Gasteiger partial charge in [0.15, 0.2) is 17.3 Å². The van der Waals surface area contributed by atoms with Crippen molar-refractivity contribution < 1.29 is 38.7 Å². The van der Waals surface area contributed by atoms with E-state index in [1.807, 2.05) is 13.0 Å². The number of Topliss-reactive ketones (excluding diaryl/α,β-unsaturated/α-hetero) is 3. The fourth-order valence-electron chi connectivity index (χ4n) is 6.53. The number of hydrogen-bond acceptors (Lipinski definition) is 12. The van der Waals surface area contributed by atoms with Crippen LogP contribution in [-0.4, -0.2) is 110 Å². The number of aliphatic hydroxyl groups is 1. The van der Waals surface area contributed by atoms with Gasteiger partial charge in [-0.1, -0.05) is 50.6 Å². The molecule has 16 nitrogen and oxygen atoms in total. The molecule has 0 radical (unpaired) electrons. The van der Waals surface area contributed by atoms with E-state index in [9.17, 15) is 38.7 Å². The van der Waals surface area contributed by atoms with Crippen molar-refractivity contribution in [3.8, 4) is 0 Å². The maximum absolute atomic E-state index is 14.1. The molecular weight excluding hydrogens is 696 g/mol. The van der Waals surface area contributed by atoms with Crippen LogP contribution in [0.5, 0.6) is 0 Å². The predicted molar refractivity (Wildman–Crippen MR) is 203 cm³/mol. The van der Waals surface area contributed by atoms with Gasteiger partial charge in [0.1, 0.15) is 6.04 Å². The highest BCUT2D eigenvalue weighted by Crippen LogP contribution is 2.19. The molecule has 302 valence electrons. The second-order valence-electron chi connectivity index (χ2n) is 14.2. The topological polar surface area (TPSA) is 278 Å². The number of rotatable bonds is 11. The molecule has 1 saturated heterocycles. The quantitative estimate of drug-likeness (QED) is 0.126. The van der Waals surface area contributed by atoms with Crippen molar-refractivity contribution in [1.82, 2.24) is 26.6 Å². The van der Waals surface area contributed by atoms with Crippen LogP contribution >= 0.6 is 0 Å². The van der Waals surface area contributed by atoms with Crippen LogP contribution in [0.15, 0.2) is 30.3 Å². The SMILES string of the molecule is CCC(C)C1NC(=O)C(Cc2ccccc2)NC(=O)C(CCN)CC(=O)C(NC)CCNC(=O)C(C(C)O)CC(=O)C(CN)NC(=O)C(CCN)CC1=O. The van der Waals surface area contributed by atoms with E-state index in [-0.39, 0.29) is 76.4 Å². The van der Waals surface area contributed by atoms with Crippen molar-refractivity contribution >= 4 is 41.0 Å². The molecule has 4 amide bonds. The number of ketones is 3. The van der Waals surface area contributed by atoms with Crippen LogP contribution in [-0.2, 0) is 40.0 Å². The van der Waals surface area contributed by atoms with Gasteiger partial charge in [0.25, 0.3) is 0 Å². The molecule has 0 bridgehead atoms. The Bertz CT molecular complexity index is 1410. The molecule has 0 spiro atoms. The number of likely N-dealkylation sites (N-methyl/N-ethyl adjacent to an activating group) is 1. The predicted octanol–water partition coefficient (Wildman–Crippen LogP) is -1.40. The summed E-state index contributed by atoms with van der Waals surface area (Å²) < 4.78 is 0. The number of amides is 4. The first-order chi connectivity index (χ1) is 25.7. The van der Waals surface area contributed by atoms with E-state index in [0.29, 0.717) is 6.42 Å². The smallest absolute Gasteiger partial charge is 0.243 e. The zero-order valence-electron chi connectivity index (χ0n) is 32.1. The van der Waals surface area contributed by atoms with Gasteiger partial charge in [-0.3, -0.25) is 33.6 Å². The largest absolute Gasteiger partial charge is 0.393 e.